The molecule has 10 heteroatoms. The molecule has 3 rings (SSSR count). The lowest BCUT2D eigenvalue weighted by Gasteiger charge is -2.32. The number of carbonyl (C=O) groups excluding carboxylic acids is 1. The van der Waals surface area contributed by atoms with Crippen LogP contribution in [0.3, 0.4) is 0 Å². The summed E-state index contributed by atoms with van der Waals surface area (Å²) in [7, 11) is 1.82. The van der Waals surface area contributed by atoms with Crippen LogP contribution in [-0.4, -0.2) is 78.3 Å². The molecule has 2 aliphatic heterocycles. The van der Waals surface area contributed by atoms with E-state index < -0.39 is 5.60 Å². The third-order valence-electron chi connectivity index (χ3n) is 6.11. The van der Waals surface area contributed by atoms with Crippen molar-refractivity contribution in [2.24, 2.45) is 10.9 Å². The van der Waals surface area contributed by atoms with Crippen LogP contribution in [0.5, 0.6) is 0 Å². The highest BCUT2D eigenvalue weighted by Crippen LogP contribution is 2.20. The number of halogens is 1. The number of nitrogens with one attached hydrogen (secondary N) is 2. The van der Waals surface area contributed by atoms with Crippen LogP contribution in [-0.2, 0) is 11.3 Å². The lowest BCUT2D eigenvalue weighted by atomic mass is 9.97. The number of hydrogen-bond donors (Lipinski definition) is 2. The number of piperidine rings is 1. The summed E-state index contributed by atoms with van der Waals surface area (Å²) in [6.07, 6.45) is 2.82. The minimum absolute atomic E-state index is 0. The number of oxazole rings is 1. The zero-order chi connectivity index (χ0) is 23.3. The van der Waals surface area contributed by atoms with Gasteiger partial charge in [-0.05, 0) is 72.9 Å². The molecule has 0 spiro atoms. The van der Waals surface area contributed by atoms with Gasteiger partial charge in [0.2, 0.25) is 5.89 Å². The van der Waals surface area contributed by atoms with Crippen LogP contribution in [0.2, 0.25) is 0 Å². The number of ether oxygens (including phenoxy) is 1. The van der Waals surface area contributed by atoms with Gasteiger partial charge in [0.05, 0.1) is 18.3 Å². The molecule has 188 valence electrons. The number of carbonyl (C=O) groups is 1. The van der Waals surface area contributed by atoms with Gasteiger partial charge in [-0.3, -0.25) is 9.89 Å². The van der Waals surface area contributed by atoms with Crippen LogP contribution >= 0.6 is 24.0 Å². The summed E-state index contributed by atoms with van der Waals surface area (Å²) in [5.41, 5.74) is 0.498. The highest BCUT2D eigenvalue weighted by Gasteiger charge is 2.28. The minimum Gasteiger partial charge on any atom is -0.444 e. The van der Waals surface area contributed by atoms with Crippen molar-refractivity contribution >= 4 is 36.0 Å². The number of alkyl carbamates (subject to hydrolysis) is 1. The zero-order valence-corrected chi connectivity index (χ0v) is 23.3. The van der Waals surface area contributed by atoms with Crippen LogP contribution < -0.4 is 10.6 Å². The third kappa shape index (κ3) is 8.62. The molecule has 0 saturated carbocycles. The maximum atomic E-state index is 12.0. The van der Waals surface area contributed by atoms with E-state index in [4.69, 9.17) is 9.15 Å². The molecule has 0 radical (unpaired) electrons. The van der Waals surface area contributed by atoms with Crippen molar-refractivity contribution in [3.8, 4) is 0 Å². The number of guanidine groups is 1. The summed E-state index contributed by atoms with van der Waals surface area (Å²) in [5.74, 6) is 3.26. The number of likely N-dealkylation sites (tertiary alicyclic amines) is 2. The Hall–Kier alpha value is -1.56. The van der Waals surface area contributed by atoms with Crippen molar-refractivity contribution in [2.75, 3.05) is 39.8 Å². The van der Waals surface area contributed by atoms with Gasteiger partial charge in [0.15, 0.2) is 5.96 Å². The van der Waals surface area contributed by atoms with E-state index in [9.17, 15) is 4.79 Å². The predicted molar refractivity (Wildman–Crippen MR) is 140 cm³/mol. The standard InChI is InChI=1S/C23H40N6O3.HI/c1-16-17(2)31-20(26-16)15-28-10-7-18(8-11-28)13-25-21(24-6)29-12-9-19(14-29)27-22(30)32-23(3,4)5;/h18-19H,7-15H2,1-6H3,(H,24,25)(H,27,30);1H. The maximum Gasteiger partial charge on any atom is 0.407 e. The van der Waals surface area contributed by atoms with Gasteiger partial charge in [-0.1, -0.05) is 0 Å². The van der Waals surface area contributed by atoms with Gasteiger partial charge in [0, 0.05) is 26.7 Å². The molecule has 1 amide bonds. The topological polar surface area (TPSA) is 95.2 Å². The summed E-state index contributed by atoms with van der Waals surface area (Å²) in [5, 5.41) is 6.53. The van der Waals surface area contributed by atoms with Gasteiger partial charge in [0.25, 0.3) is 0 Å². The summed E-state index contributed by atoms with van der Waals surface area (Å²) in [4.78, 5) is 25.6. The first-order valence-electron chi connectivity index (χ1n) is 11.7. The molecule has 2 fully saturated rings. The van der Waals surface area contributed by atoms with E-state index in [1.165, 1.54) is 0 Å². The Kier molecular flexibility index (Phi) is 10.3. The van der Waals surface area contributed by atoms with Crippen LogP contribution in [0.25, 0.3) is 0 Å². The quantitative estimate of drug-likeness (QED) is 0.316. The highest BCUT2D eigenvalue weighted by molar-refractivity contribution is 14.0. The SMILES string of the molecule is CN=C(NCC1CCN(Cc2nc(C)c(C)o2)CC1)N1CCC(NC(=O)OC(C)(C)C)C1.I. The second-order valence-electron chi connectivity index (χ2n) is 9.97. The molecule has 2 N–H and O–H groups in total. The Morgan fingerprint density at radius 2 is 1.91 bits per heavy atom. The van der Waals surface area contributed by atoms with Crippen molar-refractivity contribution in [3.63, 3.8) is 0 Å². The van der Waals surface area contributed by atoms with E-state index in [-0.39, 0.29) is 36.1 Å². The molecule has 3 heterocycles. The van der Waals surface area contributed by atoms with Gasteiger partial charge in [-0.2, -0.15) is 0 Å². The number of nitrogens with zero attached hydrogens (tertiary/aromatic N) is 4. The van der Waals surface area contributed by atoms with E-state index in [2.05, 4.69) is 30.4 Å². The van der Waals surface area contributed by atoms with Crippen LogP contribution in [0, 0.1) is 19.8 Å². The molecular formula is C23H41IN6O3. The lowest BCUT2D eigenvalue weighted by Crippen LogP contribution is -2.46. The normalized spacial score (nSPS) is 20.5. The van der Waals surface area contributed by atoms with E-state index >= 15 is 0 Å². The molecule has 1 atom stereocenters. The molecule has 0 aliphatic carbocycles. The van der Waals surface area contributed by atoms with Crippen molar-refractivity contribution in [1.29, 1.82) is 0 Å². The summed E-state index contributed by atoms with van der Waals surface area (Å²) < 4.78 is 11.1. The largest absolute Gasteiger partial charge is 0.444 e. The Bertz CT molecular complexity index is 779. The fourth-order valence-electron chi connectivity index (χ4n) is 4.26. The Labute approximate surface area is 215 Å². The molecular weight excluding hydrogens is 535 g/mol. The summed E-state index contributed by atoms with van der Waals surface area (Å²) >= 11 is 0. The molecule has 2 aliphatic rings. The number of aliphatic imine (C=N–C) groups is 1. The van der Waals surface area contributed by atoms with Gasteiger partial charge in [0.1, 0.15) is 11.4 Å². The number of aryl methyl sites for hydroxylation is 2. The first-order chi connectivity index (χ1) is 15.1. The number of rotatable bonds is 5. The molecule has 9 nitrogen and oxygen atoms in total. The van der Waals surface area contributed by atoms with E-state index in [0.29, 0.717) is 5.92 Å². The van der Waals surface area contributed by atoms with Crippen LogP contribution in [0.1, 0.15) is 57.4 Å². The highest BCUT2D eigenvalue weighted by atomic mass is 127. The fourth-order valence-corrected chi connectivity index (χ4v) is 4.26. The number of aromatic nitrogens is 1. The fraction of sp³-hybridized carbons (Fsp3) is 0.783. The van der Waals surface area contributed by atoms with Crippen LogP contribution in [0.4, 0.5) is 4.79 Å². The van der Waals surface area contributed by atoms with Crippen molar-refractivity contribution < 1.29 is 13.9 Å². The molecule has 1 unspecified atom stereocenters. The van der Waals surface area contributed by atoms with Crippen LogP contribution in [0.15, 0.2) is 9.41 Å². The smallest absolute Gasteiger partial charge is 0.407 e. The average molecular weight is 577 g/mol. The van der Waals surface area contributed by atoms with Gasteiger partial charge < -0.3 is 24.7 Å². The third-order valence-corrected chi connectivity index (χ3v) is 6.11. The van der Waals surface area contributed by atoms with Gasteiger partial charge >= 0.3 is 6.09 Å². The van der Waals surface area contributed by atoms with Crippen molar-refractivity contribution in [1.82, 2.24) is 25.4 Å². The van der Waals surface area contributed by atoms with Gasteiger partial charge in [-0.15, -0.1) is 24.0 Å². The molecule has 1 aromatic heterocycles. The Morgan fingerprint density at radius 3 is 2.48 bits per heavy atom. The van der Waals surface area contributed by atoms with E-state index in [1.807, 2.05) is 41.7 Å². The second-order valence-corrected chi connectivity index (χ2v) is 9.97. The number of hydrogen-bond acceptors (Lipinski definition) is 6. The molecule has 0 bridgehead atoms. The molecule has 1 aromatic rings. The molecule has 0 aromatic carbocycles. The van der Waals surface area contributed by atoms with E-state index in [1.54, 1.807) is 0 Å². The monoisotopic (exact) mass is 576 g/mol. The first kappa shape index (κ1) is 27.7. The Morgan fingerprint density at radius 1 is 1.21 bits per heavy atom. The average Bonchev–Trinajstić information content (AvgIpc) is 3.28. The lowest BCUT2D eigenvalue weighted by molar-refractivity contribution is 0.0507. The second kappa shape index (κ2) is 12.2. The first-order valence-corrected chi connectivity index (χ1v) is 11.7. The van der Waals surface area contributed by atoms with Crippen molar-refractivity contribution in [2.45, 2.75) is 72.1 Å². The Balaban J connectivity index is 0.00000385. The minimum atomic E-state index is -0.484. The van der Waals surface area contributed by atoms with E-state index in [0.717, 1.165) is 81.8 Å². The summed E-state index contributed by atoms with van der Waals surface area (Å²) in [6.45, 7) is 15.0. The zero-order valence-electron chi connectivity index (χ0n) is 20.9. The van der Waals surface area contributed by atoms with Gasteiger partial charge in [-0.25, -0.2) is 9.78 Å². The number of amides is 1. The molecule has 33 heavy (non-hydrogen) atoms. The van der Waals surface area contributed by atoms with Crippen molar-refractivity contribution in [3.05, 3.63) is 17.3 Å². The summed E-state index contributed by atoms with van der Waals surface area (Å²) in [6, 6.07) is 0.0779. The molecule has 2 saturated heterocycles. The maximum absolute atomic E-state index is 12.0. The predicted octanol–water partition coefficient (Wildman–Crippen LogP) is 3.30.